The van der Waals surface area contributed by atoms with E-state index in [1.165, 1.54) is 10.5 Å². The Bertz CT molecular complexity index is 1230. The van der Waals surface area contributed by atoms with E-state index < -0.39 is 15.9 Å². The molecule has 0 radical (unpaired) electrons. The molecule has 0 atom stereocenters. The lowest BCUT2D eigenvalue weighted by atomic mass is 10.1. The molecule has 1 N–H and O–H groups in total. The van der Waals surface area contributed by atoms with Gasteiger partial charge < -0.3 is 0 Å². The molecule has 0 unspecified atom stereocenters. The number of nitrogens with one attached hydrogen (secondary N) is 1. The van der Waals surface area contributed by atoms with Crippen LogP contribution < -0.4 is 5.43 Å². The molecule has 0 aliphatic heterocycles. The van der Waals surface area contributed by atoms with E-state index in [0.717, 1.165) is 16.7 Å². The molecule has 172 valence electrons. The summed E-state index contributed by atoms with van der Waals surface area (Å²) in [7, 11) is -3.95. The molecule has 33 heavy (non-hydrogen) atoms. The van der Waals surface area contributed by atoms with Crippen molar-refractivity contribution < 1.29 is 13.2 Å². The number of carbonyl (C=O) groups excluding carboxylic acids is 1. The summed E-state index contributed by atoms with van der Waals surface area (Å²) in [6.07, 6.45) is 3.02. The normalized spacial score (nSPS) is 11.8. The van der Waals surface area contributed by atoms with E-state index in [1.54, 1.807) is 38.2 Å². The van der Waals surface area contributed by atoms with E-state index in [4.69, 9.17) is 0 Å². The molecule has 8 heteroatoms. The highest BCUT2D eigenvalue weighted by Crippen LogP contribution is 2.26. The number of amides is 1. The fraction of sp³-hybridized carbons (Fsp3) is 0.240. The van der Waals surface area contributed by atoms with Gasteiger partial charge in [-0.1, -0.05) is 53.6 Å². The zero-order valence-corrected chi connectivity index (χ0v) is 20.1. The van der Waals surface area contributed by atoms with Crippen LogP contribution in [-0.4, -0.2) is 36.4 Å². The van der Waals surface area contributed by atoms with Crippen LogP contribution in [0.3, 0.4) is 0 Å². The first-order valence-corrected chi connectivity index (χ1v) is 12.0. The lowest BCUT2D eigenvalue weighted by molar-refractivity contribution is -0.121. The van der Waals surface area contributed by atoms with Crippen LogP contribution in [-0.2, 0) is 21.4 Å². The van der Waals surface area contributed by atoms with E-state index in [9.17, 15) is 13.2 Å². The maximum absolute atomic E-state index is 13.7. The summed E-state index contributed by atoms with van der Waals surface area (Å²) in [5, 5.41) is 3.91. The van der Waals surface area contributed by atoms with Crippen molar-refractivity contribution in [3.05, 3.63) is 94.3 Å². The van der Waals surface area contributed by atoms with E-state index in [2.05, 4.69) is 15.5 Å². The van der Waals surface area contributed by atoms with Crippen molar-refractivity contribution in [2.24, 2.45) is 5.10 Å². The number of rotatable bonds is 8. The number of pyridine rings is 1. The van der Waals surface area contributed by atoms with Crippen molar-refractivity contribution in [3.63, 3.8) is 0 Å². The Labute approximate surface area is 195 Å². The zero-order valence-electron chi connectivity index (χ0n) is 19.2. The average molecular weight is 465 g/mol. The van der Waals surface area contributed by atoms with Crippen LogP contribution in [0.25, 0.3) is 0 Å². The minimum atomic E-state index is -3.95. The third-order valence-corrected chi connectivity index (χ3v) is 7.17. The van der Waals surface area contributed by atoms with Gasteiger partial charge >= 0.3 is 0 Å². The molecule has 3 rings (SSSR count). The maximum Gasteiger partial charge on any atom is 0.255 e. The number of nitrogens with zero attached hydrogens (tertiary/aromatic N) is 3. The first-order chi connectivity index (χ1) is 15.7. The summed E-state index contributed by atoms with van der Waals surface area (Å²) in [4.78, 5) is 17.0. The number of hydrogen-bond donors (Lipinski definition) is 1. The number of benzene rings is 2. The Morgan fingerprint density at radius 2 is 1.67 bits per heavy atom. The van der Waals surface area contributed by atoms with Crippen molar-refractivity contribution in [1.29, 1.82) is 0 Å². The number of aromatic nitrogens is 1. The van der Waals surface area contributed by atoms with Crippen molar-refractivity contribution in [3.8, 4) is 0 Å². The van der Waals surface area contributed by atoms with Gasteiger partial charge in [-0.3, -0.25) is 9.78 Å². The molecule has 3 aromatic rings. The summed E-state index contributed by atoms with van der Waals surface area (Å²) < 4.78 is 28.6. The number of hydrazone groups is 1. The Hall–Kier alpha value is -3.36. The maximum atomic E-state index is 13.7. The topological polar surface area (TPSA) is 91.7 Å². The quantitative estimate of drug-likeness (QED) is 0.407. The Morgan fingerprint density at radius 1 is 1.00 bits per heavy atom. The van der Waals surface area contributed by atoms with Gasteiger partial charge in [0.2, 0.25) is 10.0 Å². The highest BCUT2D eigenvalue weighted by atomic mass is 32.2. The van der Waals surface area contributed by atoms with Gasteiger partial charge in [-0.15, -0.1) is 0 Å². The molecule has 7 nitrogen and oxygen atoms in total. The second kappa shape index (κ2) is 10.5. The van der Waals surface area contributed by atoms with Gasteiger partial charge in [0.05, 0.1) is 23.3 Å². The molecule has 0 spiro atoms. The van der Waals surface area contributed by atoms with Crippen molar-refractivity contribution in [2.75, 3.05) is 6.54 Å². The minimum Gasteiger partial charge on any atom is -0.272 e. The fourth-order valence-electron chi connectivity index (χ4n) is 3.64. The highest BCUT2D eigenvalue weighted by Gasteiger charge is 2.30. The molecular weight excluding hydrogens is 436 g/mol. The smallest absolute Gasteiger partial charge is 0.255 e. The molecular formula is C25H28N4O3S. The van der Waals surface area contributed by atoms with Crippen LogP contribution in [0, 0.1) is 27.7 Å². The van der Waals surface area contributed by atoms with E-state index in [-0.39, 0.29) is 18.0 Å². The van der Waals surface area contributed by atoms with E-state index in [0.29, 0.717) is 16.8 Å². The lowest BCUT2D eigenvalue weighted by Crippen LogP contribution is -2.39. The lowest BCUT2D eigenvalue weighted by Gasteiger charge is -2.24. The van der Waals surface area contributed by atoms with Gasteiger partial charge in [-0.2, -0.15) is 9.41 Å². The van der Waals surface area contributed by atoms with E-state index in [1.807, 2.05) is 50.2 Å². The van der Waals surface area contributed by atoms with Gasteiger partial charge in [0, 0.05) is 12.7 Å². The number of carbonyl (C=O) groups is 1. The first kappa shape index (κ1) is 24.3. The standard InChI is InChI=1S/C25H28N4O3S/c1-18-8-10-22(11-9-18)16-29(17-24(30)28-27-15-23-7-5-6-12-26-23)33(31,32)25-20(3)13-19(2)14-21(25)4/h5-15H,16-17H2,1-4H3,(H,28,30)/b27-15+. The van der Waals surface area contributed by atoms with Crippen molar-refractivity contribution in [2.45, 2.75) is 39.1 Å². The minimum absolute atomic E-state index is 0.0622. The Morgan fingerprint density at radius 3 is 2.27 bits per heavy atom. The third kappa shape index (κ3) is 6.34. The molecule has 0 aliphatic carbocycles. The predicted molar refractivity (Wildman–Crippen MR) is 129 cm³/mol. The molecule has 0 saturated carbocycles. The second-order valence-corrected chi connectivity index (χ2v) is 9.91. The van der Waals surface area contributed by atoms with Crippen LogP contribution in [0.15, 0.2) is 70.8 Å². The summed E-state index contributed by atoms with van der Waals surface area (Å²) >= 11 is 0. The van der Waals surface area contributed by atoms with Gasteiger partial charge in [-0.25, -0.2) is 13.8 Å². The van der Waals surface area contributed by atoms with Crippen LogP contribution in [0.2, 0.25) is 0 Å². The molecule has 0 bridgehead atoms. The number of hydrogen-bond acceptors (Lipinski definition) is 5. The second-order valence-electron chi connectivity index (χ2n) is 8.03. The zero-order chi connectivity index (χ0) is 24.0. The summed E-state index contributed by atoms with van der Waals surface area (Å²) in [6, 6.07) is 16.6. The summed E-state index contributed by atoms with van der Waals surface area (Å²) in [6.45, 7) is 7.12. The van der Waals surface area contributed by atoms with Crippen LogP contribution >= 0.6 is 0 Å². The molecule has 0 saturated heterocycles. The first-order valence-electron chi connectivity index (χ1n) is 10.5. The third-order valence-electron chi connectivity index (χ3n) is 5.08. The van der Waals surface area contributed by atoms with Gasteiger partial charge in [-0.05, 0) is 56.5 Å². The van der Waals surface area contributed by atoms with Gasteiger partial charge in [0.15, 0.2) is 0 Å². The molecule has 1 amide bonds. The number of sulfonamides is 1. The van der Waals surface area contributed by atoms with Crippen LogP contribution in [0.1, 0.15) is 33.5 Å². The average Bonchev–Trinajstić information content (AvgIpc) is 2.74. The van der Waals surface area contributed by atoms with Crippen molar-refractivity contribution in [1.82, 2.24) is 14.7 Å². The molecule has 0 fully saturated rings. The van der Waals surface area contributed by atoms with Crippen LogP contribution in [0.5, 0.6) is 0 Å². The Balaban J connectivity index is 1.88. The van der Waals surface area contributed by atoms with Gasteiger partial charge in [0.25, 0.3) is 5.91 Å². The monoisotopic (exact) mass is 464 g/mol. The molecule has 1 heterocycles. The highest BCUT2D eigenvalue weighted by molar-refractivity contribution is 7.89. The summed E-state index contributed by atoms with van der Waals surface area (Å²) in [5.74, 6) is -0.541. The Kier molecular flexibility index (Phi) is 7.73. The van der Waals surface area contributed by atoms with Gasteiger partial charge in [0.1, 0.15) is 0 Å². The molecule has 1 aromatic heterocycles. The summed E-state index contributed by atoms with van der Waals surface area (Å²) in [5.41, 5.74) is 7.12. The predicted octanol–water partition coefficient (Wildman–Crippen LogP) is 3.66. The van der Waals surface area contributed by atoms with E-state index >= 15 is 0 Å². The largest absolute Gasteiger partial charge is 0.272 e. The van der Waals surface area contributed by atoms with Crippen LogP contribution in [0.4, 0.5) is 0 Å². The molecule has 2 aromatic carbocycles. The van der Waals surface area contributed by atoms with Crippen molar-refractivity contribution >= 4 is 22.1 Å². The number of aryl methyl sites for hydroxylation is 4. The molecule has 0 aliphatic rings. The fourth-order valence-corrected chi connectivity index (χ4v) is 5.44. The SMILES string of the molecule is Cc1ccc(CN(CC(=O)N/N=C/c2ccccn2)S(=O)(=O)c2c(C)cc(C)cc2C)cc1.